The van der Waals surface area contributed by atoms with Gasteiger partial charge in [-0.25, -0.2) is 0 Å². The van der Waals surface area contributed by atoms with Crippen molar-refractivity contribution in [3.63, 3.8) is 0 Å². The number of benzene rings is 9. The second kappa shape index (κ2) is 12.5. The van der Waals surface area contributed by atoms with Crippen molar-refractivity contribution in [3.8, 4) is 22.3 Å². The highest BCUT2D eigenvalue weighted by atomic mass is 15.2. The van der Waals surface area contributed by atoms with Crippen LogP contribution in [0.1, 0.15) is 16.7 Å². The summed E-state index contributed by atoms with van der Waals surface area (Å²) >= 11 is 0. The lowest BCUT2D eigenvalue weighted by atomic mass is 9.77. The Labute approximate surface area is 320 Å². The van der Waals surface area contributed by atoms with E-state index >= 15 is 0 Å². The maximum Gasteiger partial charge on any atom is 0.123 e. The minimum Gasteiger partial charge on any atom is -0.322 e. The van der Waals surface area contributed by atoms with Crippen LogP contribution in [0.15, 0.2) is 218 Å². The van der Waals surface area contributed by atoms with Gasteiger partial charge in [-0.3, -0.25) is 0 Å². The van der Waals surface area contributed by atoms with Gasteiger partial charge in [0.05, 0.1) is 16.7 Å². The number of para-hydroxylation sites is 3. The second-order valence-electron chi connectivity index (χ2n) is 14.4. The van der Waals surface area contributed by atoms with E-state index in [9.17, 15) is 0 Å². The molecule has 1 heterocycles. The molecule has 0 unspecified atom stereocenters. The van der Waals surface area contributed by atoms with Crippen LogP contribution in [0.5, 0.6) is 0 Å². The average Bonchev–Trinajstić information content (AvgIpc) is 3.75. The predicted octanol–water partition coefficient (Wildman–Crippen LogP) is 13.9. The van der Waals surface area contributed by atoms with E-state index in [1.165, 1.54) is 71.5 Å². The summed E-state index contributed by atoms with van der Waals surface area (Å²) in [5.74, 6) is 0. The van der Waals surface area contributed by atoms with Gasteiger partial charge in [0, 0.05) is 27.7 Å². The van der Waals surface area contributed by atoms with E-state index in [4.69, 9.17) is 0 Å². The van der Waals surface area contributed by atoms with Crippen molar-refractivity contribution in [2.75, 3.05) is 4.90 Å². The molecule has 0 aliphatic heterocycles. The molecule has 1 aliphatic carbocycles. The van der Waals surface area contributed by atoms with Crippen LogP contribution in [-0.2, 0) is 5.54 Å². The normalized spacial score (nSPS) is 12.9. The Bertz CT molecular complexity index is 3000. The largest absolute Gasteiger partial charge is 0.322 e. The van der Waals surface area contributed by atoms with Crippen LogP contribution in [0, 0.1) is 0 Å². The van der Waals surface area contributed by atoms with E-state index < -0.39 is 5.54 Å². The van der Waals surface area contributed by atoms with E-state index in [1.807, 2.05) is 0 Å². The van der Waals surface area contributed by atoms with E-state index in [0.717, 1.165) is 17.1 Å². The highest BCUT2D eigenvalue weighted by Gasteiger charge is 2.48. The molecule has 11 rings (SSSR count). The van der Waals surface area contributed by atoms with Gasteiger partial charge in [0.25, 0.3) is 0 Å². The third kappa shape index (κ3) is 4.62. The van der Waals surface area contributed by atoms with Crippen LogP contribution in [0.3, 0.4) is 0 Å². The Morgan fingerprint density at radius 3 is 1.65 bits per heavy atom. The molecule has 0 saturated carbocycles. The summed E-state index contributed by atoms with van der Waals surface area (Å²) in [4.78, 5) is 2.42. The summed E-state index contributed by atoms with van der Waals surface area (Å²) in [5.41, 5.74) is 13.8. The maximum atomic E-state index is 2.67. The van der Waals surface area contributed by atoms with E-state index in [2.05, 4.69) is 228 Å². The molecule has 2 nitrogen and oxygen atoms in total. The first-order valence-electron chi connectivity index (χ1n) is 19.0. The molecule has 10 aromatic rings. The van der Waals surface area contributed by atoms with Gasteiger partial charge in [0.15, 0.2) is 0 Å². The first-order valence-corrected chi connectivity index (χ1v) is 19.0. The lowest BCUT2D eigenvalue weighted by Gasteiger charge is -2.37. The molecule has 1 aliphatic rings. The molecular weight excluding hydrogens is 665 g/mol. The molecule has 0 atom stereocenters. The molecule has 0 fully saturated rings. The quantitative estimate of drug-likeness (QED) is 0.168. The van der Waals surface area contributed by atoms with Crippen molar-refractivity contribution in [1.29, 1.82) is 0 Å². The van der Waals surface area contributed by atoms with Crippen LogP contribution in [-0.4, -0.2) is 4.57 Å². The van der Waals surface area contributed by atoms with E-state index in [0.29, 0.717) is 0 Å². The number of hydrogen-bond acceptors (Lipinski definition) is 1. The lowest BCUT2D eigenvalue weighted by Crippen LogP contribution is -2.36. The first-order chi connectivity index (χ1) is 27.3. The van der Waals surface area contributed by atoms with Crippen molar-refractivity contribution in [2.24, 2.45) is 0 Å². The predicted molar refractivity (Wildman–Crippen MR) is 231 cm³/mol. The maximum absolute atomic E-state index is 2.67. The zero-order valence-corrected chi connectivity index (χ0v) is 30.2. The van der Waals surface area contributed by atoms with Gasteiger partial charge >= 0.3 is 0 Å². The molecule has 2 heteroatoms. The van der Waals surface area contributed by atoms with Crippen LogP contribution >= 0.6 is 0 Å². The standard InChI is InChI=1S/C53H36N2/c1-3-18-38(19-4-1)42-25-11-15-32-50(42)54(39-22-5-2-6-23-39)40-34-35-46-45-28-12-16-33-51(45)55(52(46)36-40)53(47-31-17-21-37-20-7-8-24-41(37)47)48-29-13-9-26-43(48)44-27-10-14-30-49(44)53/h1-36H. The van der Waals surface area contributed by atoms with Gasteiger partial charge in [-0.2, -0.15) is 0 Å². The number of rotatable bonds is 6. The van der Waals surface area contributed by atoms with Crippen molar-refractivity contribution >= 4 is 49.6 Å². The molecule has 0 radical (unpaired) electrons. The summed E-state index contributed by atoms with van der Waals surface area (Å²) in [5, 5.41) is 4.95. The van der Waals surface area contributed by atoms with Crippen molar-refractivity contribution in [3.05, 3.63) is 235 Å². The fraction of sp³-hybridized carbons (Fsp3) is 0.0189. The molecule has 0 saturated heterocycles. The van der Waals surface area contributed by atoms with Gasteiger partial charge < -0.3 is 9.47 Å². The minimum absolute atomic E-state index is 0.673. The molecule has 0 bridgehead atoms. The lowest BCUT2D eigenvalue weighted by molar-refractivity contribution is 0.568. The average molecular weight is 701 g/mol. The zero-order valence-electron chi connectivity index (χ0n) is 30.2. The third-order valence-electron chi connectivity index (χ3n) is 11.6. The number of nitrogens with zero attached hydrogens (tertiary/aromatic N) is 2. The molecule has 0 spiro atoms. The molecule has 0 amide bonds. The zero-order chi connectivity index (χ0) is 36.3. The van der Waals surface area contributed by atoms with E-state index in [1.54, 1.807) is 0 Å². The number of anilines is 3. The number of aromatic nitrogens is 1. The van der Waals surface area contributed by atoms with Gasteiger partial charge in [0.1, 0.15) is 5.54 Å². The van der Waals surface area contributed by atoms with Gasteiger partial charge in [0.2, 0.25) is 0 Å². The second-order valence-corrected chi connectivity index (χ2v) is 14.4. The third-order valence-corrected chi connectivity index (χ3v) is 11.6. The van der Waals surface area contributed by atoms with Crippen molar-refractivity contribution in [1.82, 2.24) is 4.57 Å². The minimum atomic E-state index is -0.673. The topological polar surface area (TPSA) is 8.17 Å². The highest BCUT2D eigenvalue weighted by Crippen LogP contribution is 2.57. The molecular formula is C53H36N2. The van der Waals surface area contributed by atoms with Crippen molar-refractivity contribution < 1.29 is 0 Å². The van der Waals surface area contributed by atoms with Gasteiger partial charge in [-0.1, -0.05) is 182 Å². The van der Waals surface area contributed by atoms with E-state index in [-0.39, 0.29) is 0 Å². The molecule has 258 valence electrons. The smallest absolute Gasteiger partial charge is 0.123 e. The summed E-state index contributed by atoms with van der Waals surface area (Å²) in [6.07, 6.45) is 0. The van der Waals surface area contributed by atoms with Gasteiger partial charge in [-0.15, -0.1) is 0 Å². The van der Waals surface area contributed by atoms with Crippen LogP contribution in [0.4, 0.5) is 17.1 Å². The summed E-state index contributed by atoms with van der Waals surface area (Å²) in [6.45, 7) is 0. The first kappa shape index (κ1) is 31.4. The Morgan fingerprint density at radius 1 is 0.345 bits per heavy atom. The fourth-order valence-electron chi connectivity index (χ4n) is 9.40. The molecule has 0 N–H and O–H groups in total. The van der Waals surface area contributed by atoms with Crippen LogP contribution in [0.25, 0.3) is 54.8 Å². The van der Waals surface area contributed by atoms with Crippen molar-refractivity contribution in [2.45, 2.75) is 5.54 Å². The number of hydrogen-bond donors (Lipinski definition) is 0. The Balaban J connectivity index is 1.29. The Hall–Kier alpha value is -7.16. The molecule has 55 heavy (non-hydrogen) atoms. The monoisotopic (exact) mass is 700 g/mol. The Morgan fingerprint density at radius 2 is 0.891 bits per heavy atom. The number of fused-ring (bicyclic) bond motifs is 7. The summed E-state index contributed by atoms with van der Waals surface area (Å²) in [6, 6.07) is 80.1. The SMILES string of the molecule is c1ccc(-c2ccccc2N(c2ccccc2)c2ccc3c4ccccc4n(C4(c5cccc6ccccc56)c5ccccc5-c5ccccc54)c3c2)cc1. The van der Waals surface area contributed by atoms with Crippen LogP contribution < -0.4 is 4.90 Å². The Kier molecular flexibility index (Phi) is 7.11. The van der Waals surface area contributed by atoms with Gasteiger partial charge in [-0.05, 0) is 80.6 Å². The highest BCUT2D eigenvalue weighted by molar-refractivity contribution is 6.11. The molecule has 1 aromatic heterocycles. The molecule has 9 aromatic carbocycles. The summed E-state index contributed by atoms with van der Waals surface area (Å²) < 4.78 is 2.67. The van der Waals surface area contributed by atoms with Crippen LogP contribution in [0.2, 0.25) is 0 Å². The fourth-order valence-corrected chi connectivity index (χ4v) is 9.40. The summed E-state index contributed by atoms with van der Waals surface area (Å²) in [7, 11) is 0.